The van der Waals surface area contributed by atoms with E-state index in [-0.39, 0.29) is 4.47 Å². The molecule has 1 aromatic rings. The summed E-state index contributed by atoms with van der Waals surface area (Å²) >= 11 is 3.00. The van der Waals surface area contributed by atoms with Crippen LogP contribution >= 0.6 is 15.9 Å². The molecule has 0 saturated carbocycles. The van der Waals surface area contributed by atoms with Gasteiger partial charge in [0.1, 0.15) is 11.9 Å². The Bertz CT molecular complexity index is 357. The number of rotatable bonds is 3. The van der Waals surface area contributed by atoms with Crippen LogP contribution < -0.4 is 5.32 Å². The van der Waals surface area contributed by atoms with Gasteiger partial charge in [-0.25, -0.2) is 4.39 Å². The van der Waals surface area contributed by atoms with Crippen molar-refractivity contribution >= 4 is 21.9 Å². The second-order valence-corrected chi connectivity index (χ2v) is 3.59. The van der Waals surface area contributed by atoms with Crippen LogP contribution in [0, 0.1) is 5.82 Å². The molecule has 0 aromatic heterocycles. The molecule has 0 aliphatic heterocycles. The van der Waals surface area contributed by atoms with Crippen LogP contribution in [0.15, 0.2) is 22.7 Å². The Hall–Kier alpha value is -0.940. The highest BCUT2D eigenvalue weighted by molar-refractivity contribution is 9.10. The van der Waals surface area contributed by atoms with E-state index < -0.39 is 17.8 Å². The summed E-state index contributed by atoms with van der Waals surface area (Å²) in [5.74, 6) is -1.40. The highest BCUT2D eigenvalue weighted by Gasteiger charge is 2.17. The predicted octanol–water partition coefficient (Wildman–Crippen LogP) is 1.93. The number of benzene rings is 1. The summed E-state index contributed by atoms with van der Waals surface area (Å²) in [4.78, 5) is 10.8. The lowest BCUT2D eigenvalue weighted by molar-refractivity contribution is -0.139. The fourth-order valence-corrected chi connectivity index (χ4v) is 1.52. The van der Waals surface area contributed by atoms with Crippen LogP contribution in [0.5, 0.6) is 0 Å². The first-order valence-corrected chi connectivity index (χ1v) is 4.70. The van der Waals surface area contributed by atoms with Gasteiger partial charge < -0.3 is 10.4 Å². The van der Waals surface area contributed by atoms with Gasteiger partial charge in [0.05, 0.1) is 4.47 Å². The molecule has 0 fully saturated rings. The SMILES string of the molecule is CNC(C(=O)O)c1ccc(F)c(Br)c1. The van der Waals surface area contributed by atoms with E-state index in [4.69, 9.17) is 5.11 Å². The van der Waals surface area contributed by atoms with Crippen molar-refractivity contribution in [2.45, 2.75) is 6.04 Å². The van der Waals surface area contributed by atoms with Crippen LogP contribution in [0.2, 0.25) is 0 Å². The van der Waals surface area contributed by atoms with E-state index in [1.54, 1.807) is 0 Å². The van der Waals surface area contributed by atoms with Gasteiger partial charge in [-0.2, -0.15) is 0 Å². The minimum absolute atomic E-state index is 0.261. The van der Waals surface area contributed by atoms with Crippen molar-refractivity contribution in [1.82, 2.24) is 5.32 Å². The van der Waals surface area contributed by atoms with Gasteiger partial charge in [-0.3, -0.25) is 4.79 Å². The Morgan fingerprint density at radius 1 is 1.64 bits per heavy atom. The van der Waals surface area contributed by atoms with Gasteiger partial charge in [0.15, 0.2) is 0 Å². The second kappa shape index (κ2) is 4.52. The molecule has 0 heterocycles. The topological polar surface area (TPSA) is 49.3 Å². The van der Waals surface area contributed by atoms with E-state index in [2.05, 4.69) is 21.2 Å². The third kappa shape index (κ3) is 2.30. The minimum Gasteiger partial charge on any atom is -0.480 e. The van der Waals surface area contributed by atoms with Crippen LogP contribution in [0.1, 0.15) is 11.6 Å². The summed E-state index contributed by atoms with van der Waals surface area (Å²) < 4.78 is 13.1. The standard InChI is InChI=1S/C9H9BrFNO2/c1-12-8(9(13)14)5-2-3-7(11)6(10)4-5/h2-4,8,12H,1H3,(H,13,14). The van der Waals surface area contributed by atoms with Crippen molar-refractivity contribution in [3.05, 3.63) is 34.1 Å². The van der Waals surface area contributed by atoms with Crippen molar-refractivity contribution in [2.75, 3.05) is 7.05 Å². The number of nitrogens with one attached hydrogen (secondary N) is 1. The molecule has 0 saturated heterocycles. The first kappa shape index (κ1) is 11.1. The third-order valence-corrected chi connectivity index (χ3v) is 2.42. The molecular weight excluding hydrogens is 253 g/mol. The van der Waals surface area contributed by atoms with Crippen LogP contribution in [0.3, 0.4) is 0 Å². The second-order valence-electron chi connectivity index (χ2n) is 2.73. The van der Waals surface area contributed by atoms with Crippen LogP contribution in [0.4, 0.5) is 4.39 Å². The van der Waals surface area contributed by atoms with Crippen molar-refractivity contribution in [3.8, 4) is 0 Å². The lowest BCUT2D eigenvalue weighted by Gasteiger charge is -2.11. The molecule has 0 aliphatic carbocycles. The number of likely N-dealkylation sites (N-methyl/N-ethyl adjacent to an activating group) is 1. The maximum absolute atomic E-state index is 12.9. The number of halogens is 2. The fourth-order valence-electron chi connectivity index (χ4n) is 1.12. The summed E-state index contributed by atoms with van der Waals surface area (Å²) in [6.07, 6.45) is 0. The summed E-state index contributed by atoms with van der Waals surface area (Å²) in [7, 11) is 1.54. The molecule has 1 aromatic carbocycles. The van der Waals surface area contributed by atoms with Crippen molar-refractivity contribution < 1.29 is 14.3 Å². The van der Waals surface area contributed by atoms with Gasteiger partial charge >= 0.3 is 5.97 Å². The van der Waals surface area contributed by atoms with Crippen LogP contribution in [-0.2, 0) is 4.79 Å². The largest absolute Gasteiger partial charge is 0.480 e. The molecule has 0 amide bonds. The van der Waals surface area contributed by atoms with Gasteiger partial charge in [0, 0.05) is 0 Å². The van der Waals surface area contributed by atoms with Gasteiger partial charge in [-0.15, -0.1) is 0 Å². The summed E-state index contributed by atoms with van der Waals surface area (Å²) in [6, 6.07) is 3.30. The number of carbonyl (C=O) groups is 1. The van der Waals surface area contributed by atoms with Gasteiger partial charge in [0.25, 0.3) is 0 Å². The fraction of sp³-hybridized carbons (Fsp3) is 0.222. The molecule has 0 spiro atoms. The quantitative estimate of drug-likeness (QED) is 0.875. The van der Waals surface area contributed by atoms with E-state index in [9.17, 15) is 9.18 Å². The van der Waals surface area contributed by atoms with E-state index in [1.165, 1.54) is 25.2 Å². The van der Waals surface area contributed by atoms with Crippen LogP contribution in [-0.4, -0.2) is 18.1 Å². The van der Waals surface area contributed by atoms with Crippen LogP contribution in [0.25, 0.3) is 0 Å². The predicted molar refractivity (Wildman–Crippen MR) is 53.5 cm³/mol. The first-order chi connectivity index (χ1) is 6.56. The highest BCUT2D eigenvalue weighted by atomic mass is 79.9. The Kier molecular flexibility index (Phi) is 3.60. The summed E-state index contributed by atoms with van der Waals surface area (Å²) in [5, 5.41) is 11.4. The number of carboxylic acids is 1. The van der Waals surface area contributed by atoms with E-state index in [0.29, 0.717) is 5.56 Å². The lowest BCUT2D eigenvalue weighted by atomic mass is 10.1. The lowest BCUT2D eigenvalue weighted by Crippen LogP contribution is -2.24. The molecule has 0 aliphatic rings. The Balaban J connectivity index is 3.06. The molecular formula is C9H9BrFNO2. The van der Waals surface area contributed by atoms with Gasteiger partial charge in [0.2, 0.25) is 0 Å². The third-order valence-electron chi connectivity index (χ3n) is 1.81. The monoisotopic (exact) mass is 261 g/mol. The molecule has 0 radical (unpaired) electrons. The molecule has 1 atom stereocenters. The Morgan fingerprint density at radius 2 is 2.29 bits per heavy atom. The van der Waals surface area contributed by atoms with Crippen molar-refractivity contribution in [2.24, 2.45) is 0 Å². The zero-order valence-electron chi connectivity index (χ0n) is 7.42. The Morgan fingerprint density at radius 3 is 2.71 bits per heavy atom. The Labute approximate surface area is 89.1 Å². The number of carboxylic acid groups (broad SMARTS) is 1. The summed E-state index contributed by atoms with van der Waals surface area (Å²) in [6.45, 7) is 0. The number of hydrogen-bond acceptors (Lipinski definition) is 2. The highest BCUT2D eigenvalue weighted by Crippen LogP contribution is 2.21. The molecule has 3 nitrogen and oxygen atoms in total. The molecule has 1 unspecified atom stereocenters. The molecule has 0 bridgehead atoms. The first-order valence-electron chi connectivity index (χ1n) is 3.91. The van der Waals surface area contributed by atoms with Gasteiger partial charge in [-0.1, -0.05) is 6.07 Å². The maximum Gasteiger partial charge on any atom is 0.325 e. The number of hydrogen-bond donors (Lipinski definition) is 2. The van der Waals surface area contributed by atoms with E-state index in [0.717, 1.165) is 0 Å². The molecule has 2 N–H and O–H groups in total. The van der Waals surface area contributed by atoms with E-state index in [1.807, 2.05) is 0 Å². The molecule has 5 heteroatoms. The van der Waals surface area contributed by atoms with Crippen molar-refractivity contribution in [3.63, 3.8) is 0 Å². The van der Waals surface area contributed by atoms with Gasteiger partial charge in [-0.05, 0) is 40.7 Å². The molecule has 14 heavy (non-hydrogen) atoms. The minimum atomic E-state index is -0.994. The number of aliphatic carboxylic acids is 1. The zero-order chi connectivity index (χ0) is 10.7. The molecule has 1 rings (SSSR count). The summed E-state index contributed by atoms with van der Waals surface area (Å²) in [5.41, 5.74) is 0.508. The maximum atomic E-state index is 12.9. The smallest absolute Gasteiger partial charge is 0.325 e. The average Bonchev–Trinajstić information content (AvgIpc) is 2.11. The normalized spacial score (nSPS) is 12.5. The van der Waals surface area contributed by atoms with Crippen molar-refractivity contribution in [1.29, 1.82) is 0 Å². The zero-order valence-corrected chi connectivity index (χ0v) is 9.01. The molecule has 76 valence electrons. The van der Waals surface area contributed by atoms with E-state index >= 15 is 0 Å². The average molecular weight is 262 g/mol.